The third kappa shape index (κ3) is 3.00. The molecule has 0 aromatic carbocycles. The van der Waals surface area contributed by atoms with Crippen LogP contribution in [0.5, 0.6) is 0 Å². The van der Waals surface area contributed by atoms with Crippen LogP contribution in [0, 0.1) is 17.2 Å². The molecule has 0 saturated carbocycles. The number of piperidine rings is 1. The zero-order valence-electron chi connectivity index (χ0n) is 8.53. The van der Waals surface area contributed by atoms with Crippen molar-refractivity contribution in [2.45, 2.75) is 19.8 Å². The minimum Gasteiger partial charge on any atom is -0.466 e. The van der Waals surface area contributed by atoms with Gasteiger partial charge in [0.05, 0.1) is 25.1 Å². The fraction of sp³-hybridized carbons (Fsp3) is 0.800. The van der Waals surface area contributed by atoms with Crippen LogP contribution in [0.2, 0.25) is 0 Å². The standard InChI is InChI=1S/C10H16N2O2/c1-2-14-10(13)9-3-6-12(7-4-9)8-5-11/h9H,2-4,6-8H2,1H3. The number of carbonyl (C=O) groups is 1. The summed E-state index contributed by atoms with van der Waals surface area (Å²) in [5.41, 5.74) is 0. The van der Waals surface area contributed by atoms with Gasteiger partial charge in [0.1, 0.15) is 0 Å². The van der Waals surface area contributed by atoms with Crippen LogP contribution in [0.25, 0.3) is 0 Å². The van der Waals surface area contributed by atoms with E-state index < -0.39 is 0 Å². The Kier molecular flexibility index (Phi) is 4.41. The van der Waals surface area contributed by atoms with Crippen molar-refractivity contribution in [3.05, 3.63) is 0 Å². The van der Waals surface area contributed by atoms with E-state index in [0.717, 1.165) is 25.9 Å². The molecule has 1 aliphatic rings. The van der Waals surface area contributed by atoms with Crippen molar-refractivity contribution in [3.8, 4) is 6.07 Å². The summed E-state index contributed by atoms with van der Waals surface area (Å²) in [6.07, 6.45) is 1.64. The Balaban J connectivity index is 2.28. The van der Waals surface area contributed by atoms with E-state index in [1.165, 1.54) is 0 Å². The molecule has 0 aromatic rings. The molecule has 1 saturated heterocycles. The average molecular weight is 196 g/mol. The van der Waals surface area contributed by atoms with Gasteiger partial charge in [-0.25, -0.2) is 0 Å². The lowest BCUT2D eigenvalue weighted by Crippen LogP contribution is -2.37. The molecule has 1 fully saturated rings. The lowest BCUT2D eigenvalue weighted by Gasteiger charge is -2.28. The Labute approximate surface area is 84.4 Å². The molecule has 0 aliphatic carbocycles. The fourth-order valence-corrected chi connectivity index (χ4v) is 1.69. The summed E-state index contributed by atoms with van der Waals surface area (Å²) in [4.78, 5) is 13.4. The maximum atomic E-state index is 11.4. The van der Waals surface area contributed by atoms with E-state index in [4.69, 9.17) is 10.00 Å². The van der Waals surface area contributed by atoms with Gasteiger partial charge in [-0.3, -0.25) is 9.69 Å². The molecule has 0 unspecified atom stereocenters. The highest BCUT2D eigenvalue weighted by molar-refractivity contribution is 5.72. The highest BCUT2D eigenvalue weighted by Crippen LogP contribution is 2.17. The van der Waals surface area contributed by atoms with Gasteiger partial charge in [0, 0.05) is 0 Å². The maximum absolute atomic E-state index is 11.4. The summed E-state index contributed by atoms with van der Waals surface area (Å²) in [6, 6.07) is 2.12. The van der Waals surface area contributed by atoms with E-state index in [0.29, 0.717) is 13.2 Å². The topological polar surface area (TPSA) is 53.3 Å². The summed E-state index contributed by atoms with van der Waals surface area (Å²) in [5, 5.41) is 8.49. The molecular weight excluding hydrogens is 180 g/mol. The van der Waals surface area contributed by atoms with Crippen LogP contribution in [-0.4, -0.2) is 37.1 Å². The van der Waals surface area contributed by atoms with E-state index in [2.05, 4.69) is 11.0 Å². The Morgan fingerprint density at radius 3 is 2.71 bits per heavy atom. The molecule has 1 heterocycles. The van der Waals surface area contributed by atoms with E-state index in [9.17, 15) is 4.79 Å². The predicted octanol–water partition coefficient (Wildman–Crippen LogP) is 0.785. The van der Waals surface area contributed by atoms with Crippen LogP contribution >= 0.6 is 0 Å². The quantitative estimate of drug-likeness (QED) is 0.494. The van der Waals surface area contributed by atoms with Crippen molar-refractivity contribution < 1.29 is 9.53 Å². The van der Waals surface area contributed by atoms with E-state index in [-0.39, 0.29) is 11.9 Å². The first kappa shape index (κ1) is 11.0. The lowest BCUT2D eigenvalue weighted by atomic mass is 9.97. The van der Waals surface area contributed by atoms with Crippen LogP contribution in [0.3, 0.4) is 0 Å². The van der Waals surface area contributed by atoms with Crippen molar-refractivity contribution in [1.29, 1.82) is 5.26 Å². The largest absolute Gasteiger partial charge is 0.466 e. The molecule has 0 spiro atoms. The van der Waals surface area contributed by atoms with Gasteiger partial charge in [-0.2, -0.15) is 5.26 Å². The lowest BCUT2D eigenvalue weighted by molar-refractivity contribution is -0.149. The summed E-state index contributed by atoms with van der Waals surface area (Å²) >= 11 is 0. The SMILES string of the molecule is CCOC(=O)C1CCN(CC#N)CC1. The minimum atomic E-state index is -0.0795. The highest BCUT2D eigenvalue weighted by Gasteiger charge is 2.25. The number of hydrogen-bond donors (Lipinski definition) is 0. The number of nitriles is 1. The monoisotopic (exact) mass is 196 g/mol. The Bertz CT molecular complexity index is 227. The molecule has 0 atom stereocenters. The second-order valence-electron chi connectivity index (χ2n) is 3.46. The number of likely N-dealkylation sites (tertiary alicyclic amines) is 1. The van der Waals surface area contributed by atoms with Crippen LogP contribution in [0.1, 0.15) is 19.8 Å². The first-order valence-corrected chi connectivity index (χ1v) is 5.04. The normalized spacial score (nSPS) is 18.9. The second kappa shape index (κ2) is 5.61. The van der Waals surface area contributed by atoms with Crippen molar-refractivity contribution in [3.63, 3.8) is 0 Å². The molecule has 1 rings (SSSR count). The smallest absolute Gasteiger partial charge is 0.309 e. The zero-order valence-corrected chi connectivity index (χ0v) is 8.53. The number of esters is 1. The first-order valence-electron chi connectivity index (χ1n) is 5.04. The molecular formula is C10H16N2O2. The third-order valence-electron chi connectivity index (χ3n) is 2.50. The molecule has 0 bridgehead atoms. The number of carbonyl (C=O) groups excluding carboxylic acids is 1. The van der Waals surface area contributed by atoms with Gasteiger partial charge in [0.2, 0.25) is 0 Å². The van der Waals surface area contributed by atoms with Crippen LogP contribution < -0.4 is 0 Å². The summed E-state index contributed by atoms with van der Waals surface area (Å²) in [7, 11) is 0. The second-order valence-corrected chi connectivity index (χ2v) is 3.46. The summed E-state index contributed by atoms with van der Waals surface area (Å²) in [5.74, 6) is -0.0333. The molecule has 0 aromatic heterocycles. The summed E-state index contributed by atoms with van der Waals surface area (Å²) < 4.78 is 4.95. The zero-order chi connectivity index (χ0) is 10.4. The van der Waals surface area contributed by atoms with Crippen molar-refractivity contribution in [1.82, 2.24) is 4.90 Å². The van der Waals surface area contributed by atoms with Gasteiger partial charge in [-0.15, -0.1) is 0 Å². The third-order valence-corrected chi connectivity index (χ3v) is 2.50. The highest BCUT2D eigenvalue weighted by atomic mass is 16.5. The maximum Gasteiger partial charge on any atom is 0.309 e. The first-order chi connectivity index (χ1) is 6.77. The minimum absolute atomic E-state index is 0.0462. The van der Waals surface area contributed by atoms with E-state index >= 15 is 0 Å². The molecule has 78 valence electrons. The number of nitrogens with zero attached hydrogens (tertiary/aromatic N) is 2. The molecule has 14 heavy (non-hydrogen) atoms. The van der Waals surface area contributed by atoms with Crippen molar-refractivity contribution in [2.24, 2.45) is 5.92 Å². The Morgan fingerprint density at radius 2 is 2.21 bits per heavy atom. The van der Waals surface area contributed by atoms with Crippen molar-refractivity contribution >= 4 is 5.97 Å². The van der Waals surface area contributed by atoms with Crippen molar-refractivity contribution in [2.75, 3.05) is 26.2 Å². The Morgan fingerprint density at radius 1 is 1.57 bits per heavy atom. The summed E-state index contributed by atoms with van der Waals surface area (Å²) in [6.45, 7) is 4.41. The van der Waals surface area contributed by atoms with Gasteiger partial charge in [0.25, 0.3) is 0 Å². The molecule has 0 amide bonds. The van der Waals surface area contributed by atoms with Gasteiger partial charge in [-0.05, 0) is 32.9 Å². The van der Waals surface area contributed by atoms with Crippen LogP contribution in [-0.2, 0) is 9.53 Å². The number of rotatable bonds is 3. The Hall–Kier alpha value is -1.08. The molecule has 4 nitrogen and oxygen atoms in total. The van der Waals surface area contributed by atoms with Gasteiger partial charge in [0.15, 0.2) is 0 Å². The number of hydrogen-bond acceptors (Lipinski definition) is 4. The van der Waals surface area contributed by atoms with E-state index in [1.807, 2.05) is 6.92 Å². The van der Waals surface area contributed by atoms with Crippen LogP contribution in [0.15, 0.2) is 0 Å². The number of ether oxygens (including phenoxy) is 1. The predicted molar refractivity (Wildman–Crippen MR) is 51.4 cm³/mol. The van der Waals surface area contributed by atoms with Gasteiger partial charge < -0.3 is 4.74 Å². The molecule has 4 heteroatoms. The van der Waals surface area contributed by atoms with Gasteiger partial charge in [-0.1, -0.05) is 0 Å². The van der Waals surface area contributed by atoms with Gasteiger partial charge >= 0.3 is 5.97 Å². The van der Waals surface area contributed by atoms with E-state index in [1.54, 1.807) is 0 Å². The molecule has 1 aliphatic heterocycles. The molecule has 0 radical (unpaired) electrons. The fourth-order valence-electron chi connectivity index (χ4n) is 1.69. The molecule has 0 N–H and O–H groups in total. The average Bonchev–Trinajstić information content (AvgIpc) is 2.20. The van der Waals surface area contributed by atoms with Crippen LogP contribution in [0.4, 0.5) is 0 Å².